The van der Waals surface area contributed by atoms with Gasteiger partial charge in [0.25, 0.3) is 0 Å². The normalized spacial score (nSPS) is 13.1. The van der Waals surface area contributed by atoms with Crippen LogP contribution in [0.25, 0.3) is 0 Å². The van der Waals surface area contributed by atoms with Crippen LogP contribution in [0.4, 0.5) is 0 Å². The van der Waals surface area contributed by atoms with Crippen LogP contribution in [0, 0.1) is 0 Å². The first-order chi connectivity index (χ1) is 4.31. The van der Waals surface area contributed by atoms with E-state index in [2.05, 4.69) is 17.6 Å². The fraction of sp³-hybridized carbons (Fsp3) is 0.800. The van der Waals surface area contributed by atoms with E-state index in [0.29, 0.717) is 12.3 Å². The van der Waals surface area contributed by atoms with Gasteiger partial charge in [-0.25, -0.2) is 0 Å². The minimum atomic E-state index is -0.573. The van der Waals surface area contributed by atoms with E-state index in [1.165, 1.54) is 0 Å². The summed E-state index contributed by atoms with van der Waals surface area (Å²) in [5, 5.41) is 11.1. The Morgan fingerprint density at radius 1 is 1.78 bits per heavy atom. The van der Waals surface area contributed by atoms with E-state index in [1.807, 2.05) is 0 Å². The Bertz CT molecular complexity index is 79.4. The van der Waals surface area contributed by atoms with Gasteiger partial charge in [-0.2, -0.15) is 11.8 Å². The zero-order valence-electron chi connectivity index (χ0n) is 5.04. The molecule has 3 N–H and O–H groups in total. The highest BCUT2D eigenvalue weighted by molar-refractivity contribution is 7.99. The molecule has 0 fully saturated rings. The lowest BCUT2D eigenvalue weighted by Gasteiger charge is -2.00. The zero-order chi connectivity index (χ0) is 7.11. The lowest BCUT2D eigenvalue weighted by molar-refractivity contribution is 0.273. The molecule has 0 amide bonds. The van der Waals surface area contributed by atoms with Crippen molar-refractivity contribution in [2.45, 2.75) is 6.10 Å². The highest BCUT2D eigenvalue weighted by Gasteiger charge is 1.97. The first-order valence-corrected chi connectivity index (χ1v) is 4.21. The van der Waals surface area contributed by atoms with Crippen molar-refractivity contribution in [3.05, 3.63) is 0 Å². The van der Waals surface area contributed by atoms with Gasteiger partial charge in [0.05, 0.1) is 11.5 Å². The number of aliphatic hydroxyl groups is 1. The molecular weight excluding hydrogens is 154 g/mol. The Hall–Kier alpha value is 0.360. The molecule has 0 aliphatic rings. The predicted octanol–water partition coefficient (Wildman–Crippen LogP) is -0.0841. The molecule has 0 heterocycles. The van der Waals surface area contributed by atoms with Crippen molar-refractivity contribution in [1.29, 1.82) is 0 Å². The van der Waals surface area contributed by atoms with Crippen LogP contribution in [-0.4, -0.2) is 34.6 Å². The van der Waals surface area contributed by atoms with Gasteiger partial charge in [0, 0.05) is 18.1 Å². The van der Waals surface area contributed by atoms with Crippen LogP contribution in [0.3, 0.4) is 0 Å². The van der Waals surface area contributed by atoms with Crippen molar-refractivity contribution >= 4 is 29.3 Å². The van der Waals surface area contributed by atoms with Crippen molar-refractivity contribution in [2.75, 3.05) is 18.1 Å². The van der Waals surface area contributed by atoms with E-state index >= 15 is 0 Å². The molecule has 0 bridgehead atoms. The molecule has 0 spiro atoms. The van der Waals surface area contributed by atoms with Gasteiger partial charge in [-0.1, -0.05) is 12.2 Å². The Labute approximate surface area is 64.8 Å². The van der Waals surface area contributed by atoms with Gasteiger partial charge >= 0.3 is 0 Å². The van der Waals surface area contributed by atoms with Crippen LogP contribution in [0.2, 0.25) is 0 Å². The van der Waals surface area contributed by atoms with E-state index in [1.54, 1.807) is 11.8 Å². The van der Waals surface area contributed by atoms with Crippen LogP contribution in [-0.2, 0) is 0 Å². The number of aliphatic hydroxyl groups excluding tert-OH is 1. The highest BCUT2D eigenvalue weighted by Crippen LogP contribution is 1.99. The summed E-state index contributed by atoms with van der Waals surface area (Å²) in [7, 11) is 0. The highest BCUT2D eigenvalue weighted by atomic mass is 32.2. The van der Waals surface area contributed by atoms with Crippen LogP contribution in [0.5, 0.6) is 0 Å². The number of thiocarbonyl (C=S) groups is 1. The molecule has 0 saturated carbocycles. The maximum atomic E-state index is 8.81. The topological polar surface area (TPSA) is 46.2 Å². The summed E-state index contributed by atoms with van der Waals surface area (Å²) >= 11 is 5.96. The van der Waals surface area contributed by atoms with Gasteiger partial charge in [-0.15, -0.1) is 0 Å². The summed E-state index contributed by atoms with van der Waals surface area (Å²) in [4.78, 5) is 0. The molecule has 2 nitrogen and oxygen atoms in total. The standard InChI is InChI=1S/C5H10NOS2/c6-1-2-9-4-5(7)3-8/h5,7H,1-2,4,6H2. The molecule has 0 aliphatic heterocycles. The Morgan fingerprint density at radius 2 is 2.44 bits per heavy atom. The lowest BCUT2D eigenvalue weighted by atomic mass is 10.5. The third-order valence-corrected chi connectivity index (χ3v) is 2.02. The molecule has 4 heteroatoms. The molecule has 0 aromatic carbocycles. The molecule has 53 valence electrons. The molecule has 0 aromatic heterocycles. The summed E-state index contributed by atoms with van der Waals surface area (Å²) in [6.07, 6.45) is -0.573. The van der Waals surface area contributed by atoms with Crippen LogP contribution in [0.15, 0.2) is 0 Å². The van der Waals surface area contributed by atoms with Gasteiger partial charge < -0.3 is 10.8 Å². The Balaban J connectivity index is 2.96. The first-order valence-electron chi connectivity index (χ1n) is 2.64. The fourth-order valence-electron chi connectivity index (χ4n) is 0.312. The van der Waals surface area contributed by atoms with Crippen molar-refractivity contribution in [2.24, 2.45) is 5.73 Å². The predicted molar refractivity (Wildman–Crippen MR) is 45.0 cm³/mol. The van der Waals surface area contributed by atoms with E-state index < -0.39 is 6.10 Å². The molecular formula is C5H10NOS2. The van der Waals surface area contributed by atoms with E-state index in [0.717, 1.165) is 5.75 Å². The van der Waals surface area contributed by atoms with Gasteiger partial charge in [-0.05, 0) is 0 Å². The molecule has 1 radical (unpaired) electrons. The van der Waals surface area contributed by atoms with E-state index in [-0.39, 0.29) is 0 Å². The Morgan fingerprint density at radius 3 is 2.89 bits per heavy atom. The van der Waals surface area contributed by atoms with Gasteiger partial charge in [-0.3, -0.25) is 0 Å². The smallest absolute Gasteiger partial charge is 0.0992 e. The zero-order valence-corrected chi connectivity index (χ0v) is 6.67. The molecule has 9 heavy (non-hydrogen) atoms. The maximum absolute atomic E-state index is 8.81. The van der Waals surface area contributed by atoms with Gasteiger partial charge in [0.1, 0.15) is 0 Å². The molecule has 0 rings (SSSR count). The molecule has 0 aliphatic carbocycles. The van der Waals surface area contributed by atoms with Crippen molar-refractivity contribution in [3.63, 3.8) is 0 Å². The van der Waals surface area contributed by atoms with E-state index in [4.69, 9.17) is 10.8 Å². The number of thioether (sulfide) groups is 1. The van der Waals surface area contributed by atoms with Crippen molar-refractivity contribution < 1.29 is 5.11 Å². The van der Waals surface area contributed by atoms with Gasteiger partial charge in [0.15, 0.2) is 0 Å². The second-order valence-corrected chi connectivity index (χ2v) is 2.88. The summed E-state index contributed by atoms with van der Waals surface area (Å²) in [5.41, 5.74) is 5.21. The molecule has 0 saturated heterocycles. The second-order valence-electron chi connectivity index (χ2n) is 1.50. The summed E-state index contributed by atoms with van der Waals surface area (Å²) in [6.45, 7) is 0.648. The minimum absolute atomic E-state index is 0.573. The SMILES string of the molecule is NCCSCC(O)[C]=S. The second kappa shape index (κ2) is 6.48. The molecule has 0 aromatic rings. The number of hydrogen-bond acceptors (Lipinski definition) is 4. The number of rotatable bonds is 5. The Kier molecular flexibility index (Phi) is 6.74. The van der Waals surface area contributed by atoms with Crippen LogP contribution in [0.1, 0.15) is 0 Å². The summed E-state index contributed by atoms with van der Waals surface area (Å²) in [5.74, 6) is 1.48. The van der Waals surface area contributed by atoms with Crippen LogP contribution >= 0.6 is 24.0 Å². The fourth-order valence-corrected chi connectivity index (χ4v) is 1.14. The third-order valence-electron chi connectivity index (χ3n) is 0.674. The number of hydrogen-bond donors (Lipinski definition) is 2. The van der Waals surface area contributed by atoms with E-state index in [9.17, 15) is 0 Å². The quantitative estimate of drug-likeness (QED) is 0.440. The lowest BCUT2D eigenvalue weighted by Crippen LogP contribution is -2.12. The first kappa shape index (κ1) is 9.36. The average molecular weight is 164 g/mol. The summed E-state index contributed by atoms with van der Waals surface area (Å²) in [6, 6.07) is 0. The average Bonchev–Trinajstić information content (AvgIpc) is 1.89. The third kappa shape index (κ3) is 6.24. The maximum Gasteiger partial charge on any atom is 0.0992 e. The molecule has 1 unspecified atom stereocenters. The largest absolute Gasteiger partial charge is 0.387 e. The molecule has 1 atom stereocenters. The minimum Gasteiger partial charge on any atom is -0.387 e. The van der Waals surface area contributed by atoms with Crippen LogP contribution < -0.4 is 5.73 Å². The van der Waals surface area contributed by atoms with Crippen molar-refractivity contribution in [3.8, 4) is 0 Å². The number of nitrogens with two attached hydrogens (primary N) is 1. The monoisotopic (exact) mass is 164 g/mol. The van der Waals surface area contributed by atoms with Gasteiger partial charge in [0.2, 0.25) is 0 Å². The van der Waals surface area contributed by atoms with Crippen molar-refractivity contribution in [1.82, 2.24) is 0 Å². The summed E-state index contributed by atoms with van der Waals surface area (Å²) < 4.78 is 0.